The van der Waals surface area contributed by atoms with Crippen LogP contribution in [0, 0.1) is 0 Å². The number of nitrogens with zero attached hydrogens (tertiary/aromatic N) is 4. The fourth-order valence-electron chi connectivity index (χ4n) is 2.34. The van der Waals surface area contributed by atoms with Crippen LogP contribution in [-0.4, -0.2) is 30.4 Å². The van der Waals surface area contributed by atoms with E-state index in [2.05, 4.69) is 20.0 Å². The first-order chi connectivity index (χ1) is 9.74. The number of aromatic nitrogens is 2. The fourth-order valence-corrected chi connectivity index (χ4v) is 2.68. The van der Waals surface area contributed by atoms with Gasteiger partial charge in [-0.15, -0.1) is 0 Å². The average molecular weight is 288 g/mol. The molecule has 0 radical (unpaired) electrons. The molecule has 0 fully saturated rings. The lowest BCUT2D eigenvalue weighted by Gasteiger charge is -2.28. The van der Waals surface area contributed by atoms with Crippen molar-refractivity contribution in [1.29, 1.82) is 0 Å². The Bertz CT molecular complexity index is 634. The maximum Gasteiger partial charge on any atom is 0.189 e. The van der Waals surface area contributed by atoms with Crippen LogP contribution in [0.3, 0.4) is 0 Å². The molecule has 1 aromatic carbocycles. The van der Waals surface area contributed by atoms with Gasteiger partial charge in [-0.1, -0.05) is 23.9 Å². The van der Waals surface area contributed by atoms with E-state index in [-0.39, 0.29) is 0 Å². The lowest BCUT2D eigenvalue weighted by Crippen LogP contribution is -2.34. The molecule has 1 aliphatic rings. The monoisotopic (exact) mass is 288 g/mol. The van der Waals surface area contributed by atoms with E-state index < -0.39 is 0 Å². The third-order valence-electron chi connectivity index (χ3n) is 3.35. The Morgan fingerprint density at radius 2 is 2.10 bits per heavy atom. The van der Waals surface area contributed by atoms with Gasteiger partial charge < -0.3 is 4.74 Å². The van der Waals surface area contributed by atoms with Gasteiger partial charge in [-0.05, 0) is 18.4 Å². The van der Waals surface area contributed by atoms with E-state index in [1.165, 1.54) is 0 Å². The van der Waals surface area contributed by atoms with Crippen LogP contribution < -0.4 is 14.8 Å². The summed E-state index contributed by atoms with van der Waals surface area (Å²) in [7, 11) is 3.70. The summed E-state index contributed by atoms with van der Waals surface area (Å²) < 4.78 is 5.44. The Kier molecular flexibility index (Phi) is 3.40. The van der Waals surface area contributed by atoms with Crippen LogP contribution in [0.1, 0.15) is 5.56 Å². The summed E-state index contributed by atoms with van der Waals surface area (Å²) in [6, 6.07) is 7.99. The zero-order chi connectivity index (χ0) is 14.1. The van der Waals surface area contributed by atoms with Gasteiger partial charge in [-0.25, -0.2) is 9.97 Å². The molecule has 0 aliphatic carbocycles. The number of para-hydroxylation sites is 2. The van der Waals surface area contributed by atoms with Crippen molar-refractivity contribution < 1.29 is 4.74 Å². The third-order valence-corrected chi connectivity index (χ3v) is 3.92. The molecule has 0 bridgehead atoms. The van der Waals surface area contributed by atoms with Crippen LogP contribution >= 0.6 is 11.8 Å². The molecule has 6 heteroatoms. The van der Waals surface area contributed by atoms with E-state index in [9.17, 15) is 0 Å². The van der Waals surface area contributed by atoms with E-state index in [0.29, 0.717) is 0 Å². The first kappa shape index (κ1) is 13.1. The highest BCUT2D eigenvalue weighted by Crippen LogP contribution is 2.37. The number of hydrogen-bond acceptors (Lipinski definition) is 6. The first-order valence-electron chi connectivity index (χ1n) is 6.28. The molecule has 2 aromatic rings. The standard InChI is InChI=1S/C14H16N4OS/c1-17-13-10(8-15-14(16-13)20-3)9-18(17)11-6-4-5-7-12(11)19-2/h4-8H,9H2,1-3H3. The Labute approximate surface area is 122 Å². The zero-order valence-electron chi connectivity index (χ0n) is 11.7. The number of rotatable bonds is 3. The molecule has 0 N–H and O–H groups in total. The summed E-state index contributed by atoms with van der Waals surface area (Å²) in [4.78, 5) is 8.92. The molecule has 2 heterocycles. The van der Waals surface area contributed by atoms with Gasteiger partial charge in [0, 0.05) is 18.8 Å². The molecule has 0 atom stereocenters. The molecule has 0 saturated heterocycles. The van der Waals surface area contributed by atoms with Crippen molar-refractivity contribution in [3.63, 3.8) is 0 Å². The molecule has 20 heavy (non-hydrogen) atoms. The number of ether oxygens (including phenoxy) is 1. The van der Waals surface area contributed by atoms with Gasteiger partial charge in [-0.2, -0.15) is 0 Å². The van der Waals surface area contributed by atoms with E-state index in [0.717, 1.165) is 34.5 Å². The van der Waals surface area contributed by atoms with Crippen LogP contribution in [0.15, 0.2) is 35.6 Å². The molecule has 104 valence electrons. The van der Waals surface area contributed by atoms with Crippen LogP contribution in [0.2, 0.25) is 0 Å². The Morgan fingerprint density at radius 3 is 2.85 bits per heavy atom. The van der Waals surface area contributed by atoms with E-state index in [1.54, 1.807) is 18.9 Å². The lowest BCUT2D eigenvalue weighted by molar-refractivity contribution is 0.414. The molecule has 0 amide bonds. The molecule has 1 aliphatic heterocycles. The van der Waals surface area contributed by atoms with Gasteiger partial charge >= 0.3 is 0 Å². The summed E-state index contributed by atoms with van der Waals surface area (Å²) in [6.45, 7) is 0.751. The Balaban J connectivity index is 1.99. The van der Waals surface area contributed by atoms with Gasteiger partial charge in [0.2, 0.25) is 0 Å². The molecule has 5 nitrogen and oxygen atoms in total. The van der Waals surface area contributed by atoms with Crippen molar-refractivity contribution in [3.8, 4) is 5.75 Å². The average Bonchev–Trinajstić information content (AvgIpc) is 2.83. The van der Waals surface area contributed by atoms with Crippen LogP contribution in [-0.2, 0) is 6.54 Å². The minimum Gasteiger partial charge on any atom is -0.495 e. The van der Waals surface area contributed by atoms with Crippen molar-refractivity contribution in [1.82, 2.24) is 9.97 Å². The van der Waals surface area contributed by atoms with Crippen LogP contribution in [0.5, 0.6) is 5.75 Å². The number of anilines is 2. The minimum absolute atomic E-state index is 0.751. The van der Waals surface area contributed by atoms with Gasteiger partial charge in [0.1, 0.15) is 5.75 Å². The lowest BCUT2D eigenvalue weighted by atomic mass is 10.2. The molecular formula is C14H16N4OS. The number of hydrazine groups is 1. The van der Waals surface area contributed by atoms with Gasteiger partial charge in [0.25, 0.3) is 0 Å². The van der Waals surface area contributed by atoms with Crippen molar-refractivity contribution >= 4 is 23.3 Å². The van der Waals surface area contributed by atoms with Crippen LogP contribution in [0.25, 0.3) is 0 Å². The largest absolute Gasteiger partial charge is 0.495 e. The number of hydrogen-bond donors (Lipinski definition) is 0. The smallest absolute Gasteiger partial charge is 0.189 e. The number of thioether (sulfide) groups is 1. The maximum atomic E-state index is 5.44. The summed E-state index contributed by atoms with van der Waals surface area (Å²) >= 11 is 1.55. The number of benzene rings is 1. The predicted molar refractivity (Wildman–Crippen MR) is 81.4 cm³/mol. The zero-order valence-corrected chi connectivity index (χ0v) is 12.5. The van der Waals surface area contributed by atoms with Gasteiger partial charge in [0.05, 0.1) is 19.3 Å². The second-order valence-corrected chi connectivity index (χ2v) is 5.23. The van der Waals surface area contributed by atoms with E-state index in [1.807, 2.05) is 43.8 Å². The summed E-state index contributed by atoms with van der Waals surface area (Å²) in [5.74, 6) is 1.81. The number of fused-ring (bicyclic) bond motifs is 1. The highest BCUT2D eigenvalue weighted by Gasteiger charge is 2.28. The second-order valence-electron chi connectivity index (χ2n) is 4.46. The highest BCUT2D eigenvalue weighted by atomic mass is 32.2. The maximum absolute atomic E-state index is 5.44. The third kappa shape index (κ3) is 2.06. The SMILES string of the molecule is COc1ccccc1N1Cc2cnc(SC)nc2N1C. The molecular weight excluding hydrogens is 272 g/mol. The van der Waals surface area contributed by atoms with E-state index >= 15 is 0 Å². The Morgan fingerprint density at radius 1 is 1.30 bits per heavy atom. The Hall–Kier alpha value is -1.95. The highest BCUT2D eigenvalue weighted by molar-refractivity contribution is 7.98. The summed E-state index contributed by atoms with van der Waals surface area (Å²) in [6.07, 6.45) is 3.88. The normalized spacial score (nSPS) is 13.6. The predicted octanol–water partition coefficient (Wildman–Crippen LogP) is 2.58. The van der Waals surface area contributed by atoms with Gasteiger partial charge in [-0.3, -0.25) is 10.0 Å². The fraction of sp³-hybridized carbons (Fsp3) is 0.286. The van der Waals surface area contributed by atoms with Gasteiger partial charge in [0.15, 0.2) is 11.0 Å². The summed E-state index contributed by atoms with van der Waals surface area (Å²) in [5, 5.41) is 4.98. The second kappa shape index (κ2) is 5.20. The van der Waals surface area contributed by atoms with Crippen molar-refractivity contribution in [2.24, 2.45) is 0 Å². The molecule has 0 saturated carbocycles. The summed E-state index contributed by atoms with van der Waals surface area (Å²) in [5.41, 5.74) is 2.15. The van der Waals surface area contributed by atoms with E-state index in [4.69, 9.17) is 4.74 Å². The molecule has 0 unspecified atom stereocenters. The number of methoxy groups -OCH3 is 1. The molecule has 1 aromatic heterocycles. The molecule has 0 spiro atoms. The van der Waals surface area contributed by atoms with Crippen molar-refractivity contribution in [2.45, 2.75) is 11.7 Å². The van der Waals surface area contributed by atoms with Crippen molar-refractivity contribution in [2.75, 3.05) is 30.4 Å². The topological polar surface area (TPSA) is 41.5 Å². The molecule has 3 rings (SSSR count). The van der Waals surface area contributed by atoms with Crippen molar-refractivity contribution in [3.05, 3.63) is 36.0 Å². The first-order valence-corrected chi connectivity index (χ1v) is 7.51. The van der Waals surface area contributed by atoms with Crippen LogP contribution in [0.4, 0.5) is 11.5 Å². The minimum atomic E-state index is 0.751. The quantitative estimate of drug-likeness (QED) is 0.639.